The summed E-state index contributed by atoms with van der Waals surface area (Å²) in [6, 6.07) is 0. The fourth-order valence-electron chi connectivity index (χ4n) is 0.643. The van der Waals surface area contributed by atoms with Gasteiger partial charge >= 0.3 is 5.97 Å². The van der Waals surface area contributed by atoms with Crippen LogP contribution in [-0.2, 0) is 14.3 Å². The summed E-state index contributed by atoms with van der Waals surface area (Å²) < 4.78 is 9.41. The molecule has 4 heteroatoms. The number of carbonyl (C=O) groups excluding carboxylic acids is 1. The normalized spacial score (nSPS) is 16.8. The smallest absolute Gasteiger partial charge is 0.340 e. The van der Waals surface area contributed by atoms with Gasteiger partial charge in [-0.2, -0.15) is 0 Å². The van der Waals surface area contributed by atoms with Crippen molar-refractivity contribution in [1.29, 1.82) is 0 Å². The average molecular weight is 176 g/mol. The van der Waals surface area contributed by atoms with Crippen LogP contribution in [-0.4, -0.2) is 36.5 Å². The highest BCUT2D eigenvalue weighted by molar-refractivity contribution is 5.80. The van der Waals surface area contributed by atoms with E-state index in [1.807, 2.05) is 0 Å². The van der Waals surface area contributed by atoms with Gasteiger partial charge in [0.05, 0.1) is 7.11 Å². The molecule has 1 N–H and O–H groups in total. The molecule has 0 aliphatic heterocycles. The third-order valence-electron chi connectivity index (χ3n) is 2.27. The monoisotopic (exact) mass is 176 g/mol. The Balaban J connectivity index is 4.71. The van der Waals surface area contributed by atoms with E-state index in [-0.39, 0.29) is 0 Å². The van der Waals surface area contributed by atoms with E-state index in [0.717, 1.165) is 0 Å². The zero-order valence-electron chi connectivity index (χ0n) is 8.17. The highest BCUT2D eigenvalue weighted by Gasteiger charge is 2.47. The van der Waals surface area contributed by atoms with Gasteiger partial charge in [-0.15, -0.1) is 0 Å². The van der Waals surface area contributed by atoms with Gasteiger partial charge in [0.2, 0.25) is 0 Å². The second kappa shape index (κ2) is 3.41. The maximum absolute atomic E-state index is 11.1. The van der Waals surface area contributed by atoms with Gasteiger partial charge in [0.15, 0.2) is 5.60 Å². The van der Waals surface area contributed by atoms with E-state index in [2.05, 4.69) is 4.74 Å². The van der Waals surface area contributed by atoms with Crippen molar-refractivity contribution in [2.45, 2.75) is 32.0 Å². The molecule has 0 spiro atoms. The fraction of sp³-hybridized carbons (Fsp3) is 0.875. The molecule has 72 valence electrons. The van der Waals surface area contributed by atoms with E-state index in [4.69, 9.17) is 4.74 Å². The van der Waals surface area contributed by atoms with E-state index >= 15 is 0 Å². The number of rotatable bonds is 3. The quantitative estimate of drug-likeness (QED) is 0.630. The van der Waals surface area contributed by atoms with E-state index < -0.39 is 17.2 Å². The van der Waals surface area contributed by atoms with Gasteiger partial charge in [0, 0.05) is 7.11 Å². The van der Waals surface area contributed by atoms with Crippen LogP contribution in [0.5, 0.6) is 0 Å². The molecule has 0 aromatic heterocycles. The first-order chi connectivity index (χ1) is 5.29. The molecule has 0 saturated heterocycles. The maximum atomic E-state index is 11.1. The number of methoxy groups -OCH3 is 2. The molecule has 0 aliphatic rings. The van der Waals surface area contributed by atoms with Crippen molar-refractivity contribution in [2.24, 2.45) is 0 Å². The maximum Gasteiger partial charge on any atom is 0.340 e. The van der Waals surface area contributed by atoms with E-state index in [0.29, 0.717) is 0 Å². The van der Waals surface area contributed by atoms with Crippen molar-refractivity contribution in [3.8, 4) is 0 Å². The molecule has 0 aromatic carbocycles. The zero-order chi connectivity index (χ0) is 9.99. The Labute approximate surface area is 72.5 Å². The van der Waals surface area contributed by atoms with Crippen LogP contribution < -0.4 is 0 Å². The minimum absolute atomic E-state index is 0.700. The number of aliphatic hydroxyl groups is 1. The SMILES string of the molecule is COC(=O)C(C)(O)C(C)(C)OC. The molecule has 0 heterocycles. The summed E-state index contributed by atoms with van der Waals surface area (Å²) in [5.74, 6) is -0.700. The zero-order valence-corrected chi connectivity index (χ0v) is 8.17. The Bertz CT molecular complexity index is 172. The first kappa shape index (κ1) is 11.4. The summed E-state index contributed by atoms with van der Waals surface area (Å²) in [4.78, 5) is 11.1. The predicted molar refractivity (Wildman–Crippen MR) is 43.7 cm³/mol. The Morgan fingerprint density at radius 2 is 1.67 bits per heavy atom. The molecule has 4 nitrogen and oxygen atoms in total. The van der Waals surface area contributed by atoms with Crippen molar-refractivity contribution in [3.05, 3.63) is 0 Å². The molecule has 0 fully saturated rings. The Morgan fingerprint density at radius 3 is 1.92 bits per heavy atom. The van der Waals surface area contributed by atoms with Gasteiger partial charge in [0.25, 0.3) is 0 Å². The molecule has 0 bridgehead atoms. The Morgan fingerprint density at radius 1 is 1.25 bits per heavy atom. The van der Waals surface area contributed by atoms with Crippen LogP contribution in [0.4, 0.5) is 0 Å². The molecular formula is C8H16O4. The lowest BCUT2D eigenvalue weighted by atomic mass is 9.87. The molecule has 1 atom stereocenters. The van der Waals surface area contributed by atoms with E-state index in [1.54, 1.807) is 13.8 Å². The van der Waals surface area contributed by atoms with E-state index in [1.165, 1.54) is 21.1 Å². The van der Waals surface area contributed by atoms with Gasteiger partial charge in [0.1, 0.15) is 5.60 Å². The number of esters is 1. The molecule has 0 aromatic rings. The van der Waals surface area contributed by atoms with Crippen LogP contribution in [0.3, 0.4) is 0 Å². The minimum Gasteiger partial charge on any atom is -0.467 e. The van der Waals surface area contributed by atoms with Gasteiger partial charge in [-0.3, -0.25) is 0 Å². The molecular weight excluding hydrogens is 160 g/mol. The van der Waals surface area contributed by atoms with E-state index in [9.17, 15) is 9.90 Å². The van der Waals surface area contributed by atoms with Crippen molar-refractivity contribution in [3.63, 3.8) is 0 Å². The second-order valence-corrected chi connectivity index (χ2v) is 3.28. The van der Waals surface area contributed by atoms with Crippen molar-refractivity contribution in [2.75, 3.05) is 14.2 Å². The van der Waals surface area contributed by atoms with Gasteiger partial charge in [-0.25, -0.2) is 4.79 Å². The summed E-state index contributed by atoms with van der Waals surface area (Å²) in [5, 5.41) is 9.71. The topological polar surface area (TPSA) is 55.8 Å². The highest BCUT2D eigenvalue weighted by Crippen LogP contribution is 2.25. The average Bonchev–Trinajstić information content (AvgIpc) is 2.02. The first-order valence-electron chi connectivity index (χ1n) is 3.65. The van der Waals surface area contributed by atoms with Gasteiger partial charge < -0.3 is 14.6 Å². The molecule has 1 unspecified atom stereocenters. The van der Waals surface area contributed by atoms with Crippen LogP contribution in [0.1, 0.15) is 20.8 Å². The van der Waals surface area contributed by atoms with Gasteiger partial charge in [-0.1, -0.05) is 0 Å². The molecule has 0 amide bonds. The number of ether oxygens (including phenoxy) is 2. The van der Waals surface area contributed by atoms with Gasteiger partial charge in [-0.05, 0) is 20.8 Å². The van der Waals surface area contributed by atoms with Crippen LogP contribution in [0.2, 0.25) is 0 Å². The number of hydrogen-bond donors (Lipinski definition) is 1. The fourth-order valence-corrected chi connectivity index (χ4v) is 0.643. The lowest BCUT2D eigenvalue weighted by Crippen LogP contribution is -2.55. The lowest BCUT2D eigenvalue weighted by molar-refractivity contribution is -0.190. The highest BCUT2D eigenvalue weighted by atomic mass is 16.6. The molecule has 0 aliphatic carbocycles. The lowest BCUT2D eigenvalue weighted by Gasteiger charge is -2.35. The first-order valence-corrected chi connectivity index (χ1v) is 3.65. The van der Waals surface area contributed by atoms with Crippen molar-refractivity contribution < 1.29 is 19.4 Å². The third kappa shape index (κ3) is 1.76. The van der Waals surface area contributed by atoms with Crippen LogP contribution >= 0.6 is 0 Å². The summed E-state index contributed by atoms with van der Waals surface area (Å²) in [6.07, 6.45) is 0. The summed E-state index contributed by atoms with van der Waals surface area (Å²) >= 11 is 0. The summed E-state index contributed by atoms with van der Waals surface area (Å²) in [5.41, 5.74) is -2.59. The Hall–Kier alpha value is -0.610. The number of carbonyl (C=O) groups is 1. The minimum atomic E-state index is -1.63. The van der Waals surface area contributed by atoms with Crippen molar-refractivity contribution >= 4 is 5.97 Å². The Kier molecular flexibility index (Phi) is 3.24. The molecule has 0 radical (unpaired) electrons. The summed E-state index contributed by atoms with van der Waals surface area (Å²) in [6.45, 7) is 4.59. The van der Waals surface area contributed by atoms with Crippen LogP contribution in [0.25, 0.3) is 0 Å². The predicted octanol–water partition coefficient (Wildman–Crippen LogP) is 0.335. The third-order valence-corrected chi connectivity index (χ3v) is 2.27. The molecule has 0 saturated carbocycles. The molecule has 12 heavy (non-hydrogen) atoms. The number of hydrogen-bond acceptors (Lipinski definition) is 4. The molecule has 0 rings (SSSR count). The largest absolute Gasteiger partial charge is 0.467 e. The summed E-state index contributed by atoms with van der Waals surface area (Å²) in [7, 11) is 2.65. The standard InChI is InChI=1S/C8H16O4/c1-7(2,12-5)8(3,10)6(9)11-4/h10H,1-5H3. The van der Waals surface area contributed by atoms with Crippen molar-refractivity contribution in [1.82, 2.24) is 0 Å². The van der Waals surface area contributed by atoms with Crippen LogP contribution in [0.15, 0.2) is 0 Å². The van der Waals surface area contributed by atoms with Crippen LogP contribution in [0, 0.1) is 0 Å². The second-order valence-electron chi connectivity index (χ2n) is 3.28.